The first-order valence-electron chi connectivity index (χ1n) is 9.18. The van der Waals surface area contributed by atoms with Crippen LogP contribution in [0.5, 0.6) is 0 Å². The summed E-state index contributed by atoms with van der Waals surface area (Å²) in [5, 5.41) is 7.93. The molecule has 4 rings (SSSR count). The molecular formula is C20H28ClN3. The molecule has 1 fully saturated rings. The Morgan fingerprint density at radius 3 is 2.71 bits per heavy atom. The summed E-state index contributed by atoms with van der Waals surface area (Å²) in [4.78, 5) is 2.62. The zero-order chi connectivity index (χ0) is 16.9. The average molecular weight is 346 g/mol. The third-order valence-electron chi connectivity index (χ3n) is 5.05. The fourth-order valence-electron chi connectivity index (χ4n) is 3.98. The topological polar surface area (TPSA) is 27.3 Å². The lowest BCUT2D eigenvalue weighted by Crippen LogP contribution is -2.51. The molecule has 4 heteroatoms. The van der Waals surface area contributed by atoms with E-state index in [2.05, 4.69) is 46.0 Å². The molecule has 2 unspecified atom stereocenters. The average Bonchev–Trinajstić information content (AvgIpc) is 2.81. The number of nitrogens with one attached hydrogen (secondary N) is 2. The van der Waals surface area contributed by atoms with Gasteiger partial charge in [-0.3, -0.25) is 4.90 Å². The van der Waals surface area contributed by atoms with Crippen LogP contribution in [0.25, 0.3) is 0 Å². The summed E-state index contributed by atoms with van der Waals surface area (Å²) in [6.45, 7) is 8.34. The minimum absolute atomic E-state index is 0.380. The van der Waals surface area contributed by atoms with E-state index in [9.17, 15) is 0 Å². The highest BCUT2D eigenvalue weighted by Crippen LogP contribution is 2.38. The van der Waals surface area contributed by atoms with E-state index in [1.165, 1.54) is 16.7 Å². The zero-order valence-electron chi connectivity index (χ0n) is 14.7. The van der Waals surface area contributed by atoms with Crippen LogP contribution in [0, 0.1) is 0 Å². The van der Waals surface area contributed by atoms with Crippen molar-refractivity contribution in [2.75, 3.05) is 26.2 Å². The Labute approximate surface area is 150 Å². The molecular weight excluding hydrogens is 318 g/mol. The van der Waals surface area contributed by atoms with Crippen LogP contribution in [0.3, 0.4) is 0 Å². The minimum atomic E-state index is 0.380. The Morgan fingerprint density at radius 2 is 1.92 bits per heavy atom. The molecule has 2 atom stereocenters. The molecule has 24 heavy (non-hydrogen) atoms. The van der Waals surface area contributed by atoms with Gasteiger partial charge in [0, 0.05) is 31.2 Å². The molecule has 1 saturated heterocycles. The molecule has 3 nitrogen and oxygen atoms in total. The van der Waals surface area contributed by atoms with Crippen LogP contribution >= 0.6 is 11.6 Å². The predicted octanol–water partition coefficient (Wildman–Crippen LogP) is 3.67. The molecule has 0 aromatic heterocycles. The van der Waals surface area contributed by atoms with E-state index in [0.717, 1.165) is 44.0 Å². The fraction of sp³-hybridized carbons (Fsp3) is 0.500. The van der Waals surface area contributed by atoms with Gasteiger partial charge in [-0.2, -0.15) is 0 Å². The summed E-state index contributed by atoms with van der Waals surface area (Å²) < 4.78 is 0. The number of piperazine rings is 1. The van der Waals surface area contributed by atoms with E-state index in [-0.39, 0.29) is 0 Å². The fourth-order valence-corrected chi connectivity index (χ4v) is 4.17. The largest absolute Gasteiger partial charge is 0.382 e. The first-order valence-corrected chi connectivity index (χ1v) is 9.55. The van der Waals surface area contributed by atoms with Gasteiger partial charge in [0.2, 0.25) is 0 Å². The minimum Gasteiger partial charge on any atom is -0.382 e. The lowest BCUT2D eigenvalue weighted by Gasteiger charge is -2.41. The monoisotopic (exact) mass is 345 g/mol. The van der Waals surface area contributed by atoms with Gasteiger partial charge in [-0.15, -0.1) is 0 Å². The maximum atomic E-state index is 6.25. The van der Waals surface area contributed by atoms with Crippen LogP contribution < -0.4 is 10.6 Å². The number of hydrogen-bond acceptors (Lipinski definition) is 3. The van der Waals surface area contributed by atoms with Crippen LogP contribution in [0.1, 0.15) is 37.4 Å². The van der Waals surface area contributed by atoms with E-state index < -0.39 is 0 Å². The summed E-state index contributed by atoms with van der Waals surface area (Å²) in [6, 6.07) is 7.23. The standard InChI is InChI=1S/C18H22ClN3.C2H6/c19-15-5-6-16-14(12-15)4-3-13-2-1-7-21-17(13)18(16)22-10-8-20-9-11-22;1-2/h1-2,5-7,12,17-18,20-21H,3-4,8-11H2;1-2H3. The molecule has 2 aliphatic heterocycles. The smallest absolute Gasteiger partial charge is 0.0668 e. The second kappa shape index (κ2) is 8.19. The number of aryl methyl sites for hydroxylation is 1. The summed E-state index contributed by atoms with van der Waals surface area (Å²) in [5.41, 5.74) is 4.37. The number of halogens is 1. The van der Waals surface area contributed by atoms with Crippen LogP contribution in [-0.2, 0) is 6.42 Å². The molecule has 130 valence electrons. The molecule has 3 aliphatic rings. The van der Waals surface area contributed by atoms with Gasteiger partial charge in [0.1, 0.15) is 0 Å². The van der Waals surface area contributed by atoms with Gasteiger partial charge in [-0.25, -0.2) is 0 Å². The lowest BCUT2D eigenvalue weighted by atomic mass is 9.91. The molecule has 0 radical (unpaired) electrons. The van der Waals surface area contributed by atoms with Gasteiger partial charge in [0.05, 0.1) is 12.1 Å². The van der Waals surface area contributed by atoms with E-state index in [1.54, 1.807) is 0 Å². The first kappa shape index (κ1) is 17.5. The molecule has 0 spiro atoms. The molecule has 1 aromatic rings. The summed E-state index contributed by atoms with van der Waals surface area (Å²) in [7, 11) is 0. The SMILES string of the molecule is CC.Clc1ccc2c(c1)CCC1=CC=CNC1C2N1CCNCC1. The molecule has 0 amide bonds. The normalized spacial score (nSPS) is 26.0. The van der Waals surface area contributed by atoms with E-state index in [4.69, 9.17) is 11.6 Å². The van der Waals surface area contributed by atoms with E-state index in [0.29, 0.717) is 12.1 Å². The van der Waals surface area contributed by atoms with Gasteiger partial charge in [0.25, 0.3) is 0 Å². The highest BCUT2D eigenvalue weighted by Gasteiger charge is 2.35. The maximum absolute atomic E-state index is 6.25. The third-order valence-corrected chi connectivity index (χ3v) is 5.28. The van der Waals surface area contributed by atoms with Crippen molar-refractivity contribution in [3.05, 3.63) is 58.3 Å². The molecule has 1 aromatic carbocycles. The highest BCUT2D eigenvalue weighted by molar-refractivity contribution is 6.30. The molecule has 1 aliphatic carbocycles. The molecule has 0 saturated carbocycles. The molecule has 2 N–H and O–H groups in total. The van der Waals surface area contributed by atoms with Crippen LogP contribution in [0.15, 0.2) is 42.1 Å². The lowest BCUT2D eigenvalue weighted by molar-refractivity contribution is 0.152. The van der Waals surface area contributed by atoms with Crippen molar-refractivity contribution in [3.8, 4) is 0 Å². The predicted molar refractivity (Wildman–Crippen MR) is 102 cm³/mol. The Hall–Kier alpha value is -1.29. The Morgan fingerprint density at radius 1 is 1.12 bits per heavy atom. The van der Waals surface area contributed by atoms with Crippen LogP contribution in [-0.4, -0.2) is 37.1 Å². The Kier molecular flexibility index (Phi) is 5.99. The Balaban J connectivity index is 0.000000815. The Bertz CT molecular complexity index is 617. The van der Waals surface area contributed by atoms with Crippen molar-refractivity contribution in [3.63, 3.8) is 0 Å². The van der Waals surface area contributed by atoms with Gasteiger partial charge in [0.15, 0.2) is 0 Å². The van der Waals surface area contributed by atoms with Crippen molar-refractivity contribution >= 4 is 11.6 Å². The van der Waals surface area contributed by atoms with Crippen molar-refractivity contribution in [1.82, 2.24) is 15.5 Å². The van der Waals surface area contributed by atoms with E-state index >= 15 is 0 Å². The quantitative estimate of drug-likeness (QED) is 0.813. The third kappa shape index (κ3) is 3.53. The first-order chi connectivity index (χ1) is 11.8. The number of hydrogen-bond donors (Lipinski definition) is 2. The second-order valence-corrected chi connectivity index (χ2v) is 6.76. The number of fused-ring (bicyclic) bond motifs is 2. The van der Waals surface area contributed by atoms with Crippen molar-refractivity contribution in [1.29, 1.82) is 0 Å². The van der Waals surface area contributed by atoms with Crippen molar-refractivity contribution < 1.29 is 0 Å². The number of benzene rings is 1. The molecule has 0 bridgehead atoms. The van der Waals surface area contributed by atoms with Gasteiger partial charge in [-0.05, 0) is 54.0 Å². The van der Waals surface area contributed by atoms with Crippen LogP contribution in [0.4, 0.5) is 0 Å². The summed E-state index contributed by atoms with van der Waals surface area (Å²) in [5.74, 6) is 0. The van der Waals surface area contributed by atoms with Gasteiger partial charge in [-0.1, -0.05) is 37.6 Å². The second-order valence-electron chi connectivity index (χ2n) is 6.32. The number of rotatable bonds is 1. The number of allylic oxidation sites excluding steroid dienone is 2. The van der Waals surface area contributed by atoms with Crippen molar-refractivity contribution in [2.24, 2.45) is 0 Å². The van der Waals surface area contributed by atoms with E-state index in [1.807, 2.05) is 19.9 Å². The van der Waals surface area contributed by atoms with Crippen molar-refractivity contribution in [2.45, 2.75) is 38.8 Å². The maximum Gasteiger partial charge on any atom is 0.0668 e. The van der Waals surface area contributed by atoms with Crippen LogP contribution in [0.2, 0.25) is 5.02 Å². The van der Waals surface area contributed by atoms with Gasteiger partial charge < -0.3 is 10.6 Å². The number of dihydropyridines is 1. The zero-order valence-corrected chi connectivity index (χ0v) is 15.4. The number of nitrogens with zero attached hydrogens (tertiary/aromatic N) is 1. The summed E-state index contributed by atoms with van der Waals surface area (Å²) in [6.07, 6.45) is 8.70. The summed E-state index contributed by atoms with van der Waals surface area (Å²) >= 11 is 6.25. The highest BCUT2D eigenvalue weighted by atomic mass is 35.5. The molecule has 2 heterocycles. The van der Waals surface area contributed by atoms with Gasteiger partial charge >= 0.3 is 0 Å².